The minimum absolute atomic E-state index is 0.189. The van der Waals surface area contributed by atoms with E-state index in [0.29, 0.717) is 11.3 Å². The second-order valence-electron chi connectivity index (χ2n) is 6.24. The van der Waals surface area contributed by atoms with Crippen LogP contribution in [0.25, 0.3) is 0 Å². The van der Waals surface area contributed by atoms with Gasteiger partial charge in [0.1, 0.15) is 0 Å². The molecule has 2 aromatic rings. The highest BCUT2D eigenvalue weighted by atomic mass is 79.9. The van der Waals surface area contributed by atoms with Gasteiger partial charge < -0.3 is 10.2 Å². The van der Waals surface area contributed by atoms with Crippen molar-refractivity contribution in [3.8, 4) is 0 Å². The van der Waals surface area contributed by atoms with Gasteiger partial charge >= 0.3 is 6.18 Å². The van der Waals surface area contributed by atoms with Crippen LogP contribution in [-0.4, -0.2) is 19.0 Å². The largest absolute Gasteiger partial charge is 0.416 e. The summed E-state index contributed by atoms with van der Waals surface area (Å²) < 4.78 is 40.2. The fourth-order valence-electron chi connectivity index (χ4n) is 3.02. The molecule has 26 heavy (non-hydrogen) atoms. The summed E-state index contributed by atoms with van der Waals surface area (Å²) in [6, 6.07) is 10.2. The number of carbonyl (C=O) groups excluding carboxylic acids is 1. The second-order valence-corrected chi connectivity index (χ2v) is 7.15. The topological polar surface area (TPSA) is 32.3 Å². The van der Waals surface area contributed by atoms with Gasteiger partial charge in [-0.2, -0.15) is 13.2 Å². The Morgan fingerprint density at radius 1 is 1.00 bits per heavy atom. The van der Waals surface area contributed by atoms with E-state index in [1.54, 1.807) is 24.3 Å². The Hall–Kier alpha value is -2.02. The van der Waals surface area contributed by atoms with Crippen LogP contribution in [0.5, 0.6) is 0 Å². The Morgan fingerprint density at radius 3 is 2.27 bits per heavy atom. The summed E-state index contributed by atoms with van der Waals surface area (Å²) in [6.07, 6.45) is -1.38. The third-order valence-corrected chi connectivity index (χ3v) is 4.90. The first-order chi connectivity index (χ1) is 12.3. The van der Waals surface area contributed by atoms with Gasteiger partial charge in [-0.15, -0.1) is 0 Å². The molecule has 1 aliphatic rings. The molecule has 7 heteroatoms. The molecule has 3 rings (SSSR count). The van der Waals surface area contributed by atoms with Gasteiger partial charge in [0.05, 0.1) is 16.9 Å². The van der Waals surface area contributed by atoms with E-state index in [1.165, 1.54) is 6.07 Å². The summed E-state index contributed by atoms with van der Waals surface area (Å²) in [5.74, 6) is -0.435. The van der Waals surface area contributed by atoms with Gasteiger partial charge in [0.15, 0.2) is 0 Å². The first-order valence-corrected chi connectivity index (χ1v) is 9.17. The number of alkyl halides is 3. The molecule has 0 aromatic heterocycles. The maximum atomic E-state index is 13.1. The summed E-state index contributed by atoms with van der Waals surface area (Å²) in [5, 5.41) is 2.66. The van der Waals surface area contributed by atoms with Crippen LogP contribution in [0, 0.1) is 0 Å². The summed E-state index contributed by atoms with van der Waals surface area (Å²) in [5.41, 5.74) is 0.428. The molecular formula is C19H18BrF3N2O. The molecule has 2 aromatic carbocycles. The van der Waals surface area contributed by atoms with Crippen molar-refractivity contribution in [1.29, 1.82) is 0 Å². The third kappa shape index (κ3) is 4.38. The molecule has 1 saturated heterocycles. The SMILES string of the molecule is O=C(Nc1cc(C(F)(F)F)ccc1N1CCCCC1)c1ccc(Br)cc1. The minimum atomic E-state index is -4.46. The van der Waals surface area contributed by atoms with Crippen molar-refractivity contribution in [1.82, 2.24) is 0 Å². The number of hydrogen-bond acceptors (Lipinski definition) is 2. The van der Waals surface area contributed by atoms with Gasteiger partial charge in [-0.25, -0.2) is 0 Å². The van der Waals surface area contributed by atoms with Gasteiger partial charge in [0.2, 0.25) is 0 Å². The third-order valence-electron chi connectivity index (χ3n) is 4.38. The van der Waals surface area contributed by atoms with Gasteiger partial charge in [0.25, 0.3) is 5.91 Å². The van der Waals surface area contributed by atoms with E-state index in [2.05, 4.69) is 21.2 Å². The van der Waals surface area contributed by atoms with Crippen LogP contribution in [0.15, 0.2) is 46.9 Å². The zero-order valence-corrected chi connectivity index (χ0v) is 15.5. The quantitative estimate of drug-likeness (QED) is 0.681. The highest BCUT2D eigenvalue weighted by Gasteiger charge is 2.32. The van der Waals surface area contributed by atoms with Gasteiger partial charge in [-0.3, -0.25) is 4.79 Å². The van der Waals surface area contributed by atoms with Gasteiger partial charge in [-0.05, 0) is 61.7 Å². The smallest absolute Gasteiger partial charge is 0.370 e. The van der Waals surface area contributed by atoms with Crippen LogP contribution in [-0.2, 0) is 6.18 Å². The molecule has 138 valence electrons. The fourth-order valence-corrected chi connectivity index (χ4v) is 3.28. The first-order valence-electron chi connectivity index (χ1n) is 8.38. The normalized spacial score (nSPS) is 15.0. The van der Waals surface area contributed by atoms with Crippen LogP contribution in [0.1, 0.15) is 35.2 Å². The molecule has 1 aliphatic heterocycles. The molecule has 1 N–H and O–H groups in total. The number of halogens is 4. The first kappa shape index (κ1) is 18.8. The fraction of sp³-hybridized carbons (Fsp3) is 0.316. The van der Waals surface area contributed by atoms with Gasteiger partial charge in [-0.1, -0.05) is 15.9 Å². The lowest BCUT2D eigenvalue weighted by Crippen LogP contribution is -2.30. The van der Waals surface area contributed by atoms with Crippen LogP contribution < -0.4 is 10.2 Å². The number of amides is 1. The number of piperidine rings is 1. The molecular weight excluding hydrogens is 409 g/mol. The lowest BCUT2D eigenvalue weighted by atomic mass is 10.1. The van der Waals surface area contributed by atoms with Crippen molar-refractivity contribution in [3.63, 3.8) is 0 Å². The van der Waals surface area contributed by atoms with E-state index < -0.39 is 17.6 Å². The average Bonchev–Trinajstić information content (AvgIpc) is 2.62. The van der Waals surface area contributed by atoms with Crippen molar-refractivity contribution in [2.75, 3.05) is 23.3 Å². The number of anilines is 2. The lowest BCUT2D eigenvalue weighted by molar-refractivity contribution is -0.137. The maximum Gasteiger partial charge on any atom is 0.416 e. The predicted molar refractivity (Wildman–Crippen MR) is 99.6 cm³/mol. The molecule has 0 bridgehead atoms. The van der Waals surface area contributed by atoms with E-state index in [1.807, 2.05) is 4.90 Å². The minimum Gasteiger partial charge on any atom is -0.370 e. The Kier molecular flexibility index (Phi) is 5.55. The van der Waals surface area contributed by atoms with Crippen LogP contribution >= 0.6 is 15.9 Å². The predicted octanol–water partition coefficient (Wildman–Crippen LogP) is 5.71. The highest BCUT2D eigenvalue weighted by Crippen LogP contribution is 2.36. The lowest BCUT2D eigenvalue weighted by Gasteiger charge is -2.31. The molecule has 0 saturated carbocycles. The Bertz CT molecular complexity index is 784. The van der Waals surface area contributed by atoms with E-state index in [-0.39, 0.29) is 5.69 Å². The van der Waals surface area contributed by atoms with E-state index >= 15 is 0 Å². The van der Waals surface area contributed by atoms with Crippen molar-refractivity contribution in [3.05, 3.63) is 58.1 Å². The van der Waals surface area contributed by atoms with E-state index in [4.69, 9.17) is 0 Å². The van der Waals surface area contributed by atoms with Crippen LogP contribution in [0.4, 0.5) is 24.5 Å². The molecule has 1 fully saturated rings. The molecule has 1 heterocycles. The van der Waals surface area contributed by atoms with E-state index in [0.717, 1.165) is 49.0 Å². The number of benzene rings is 2. The standard InChI is InChI=1S/C19H18BrF3N2O/c20-15-7-4-13(5-8-15)18(26)24-16-12-14(19(21,22)23)6-9-17(16)25-10-2-1-3-11-25/h4-9,12H,1-3,10-11H2,(H,24,26). The highest BCUT2D eigenvalue weighted by molar-refractivity contribution is 9.10. The number of nitrogens with one attached hydrogen (secondary N) is 1. The maximum absolute atomic E-state index is 13.1. The number of nitrogens with zero attached hydrogens (tertiary/aromatic N) is 1. The second kappa shape index (κ2) is 7.70. The number of carbonyl (C=O) groups is 1. The van der Waals surface area contributed by atoms with Crippen molar-refractivity contribution >= 4 is 33.2 Å². The van der Waals surface area contributed by atoms with Gasteiger partial charge in [0, 0.05) is 23.1 Å². The molecule has 0 spiro atoms. The Balaban J connectivity index is 1.93. The number of hydrogen-bond donors (Lipinski definition) is 1. The molecule has 0 aliphatic carbocycles. The van der Waals surface area contributed by atoms with E-state index in [9.17, 15) is 18.0 Å². The molecule has 0 unspecified atom stereocenters. The summed E-state index contributed by atoms with van der Waals surface area (Å²) in [4.78, 5) is 14.5. The summed E-state index contributed by atoms with van der Waals surface area (Å²) >= 11 is 3.29. The molecule has 1 amide bonds. The monoisotopic (exact) mass is 426 g/mol. The Labute approximate surface area is 158 Å². The molecule has 3 nitrogen and oxygen atoms in total. The Morgan fingerprint density at radius 2 is 1.65 bits per heavy atom. The summed E-state index contributed by atoms with van der Waals surface area (Å²) in [6.45, 7) is 1.54. The van der Waals surface area contributed by atoms with Crippen LogP contribution in [0.3, 0.4) is 0 Å². The zero-order chi connectivity index (χ0) is 18.7. The van der Waals surface area contributed by atoms with Crippen molar-refractivity contribution in [2.45, 2.75) is 25.4 Å². The van der Waals surface area contributed by atoms with Crippen molar-refractivity contribution in [2.24, 2.45) is 0 Å². The molecule has 0 atom stereocenters. The van der Waals surface area contributed by atoms with Crippen LogP contribution in [0.2, 0.25) is 0 Å². The van der Waals surface area contributed by atoms with Crippen molar-refractivity contribution < 1.29 is 18.0 Å². The molecule has 0 radical (unpaired) electrons. The average molecular weight is 427 g/mol. The zero-order valence-electron chi connectivity index (χ0n) is 13.9. The number of rotatable bonds is 3. The summed E-state index contributed by atoms with van der Waals surface area (Å²) in [7, 11) is 0.